The second-order valence-electron chi connectivity index (χ2n) is 7.37. The Kier molecular flexibility index (Phi) is 8.42. The van der Waals surface area contributed by atoms with Crippen molar-refractivity contribution in [2.75, 3.05) is 13.7 Å². The topological polar surface area (TPSA) is 89.8 Å². The molecule has 0 radical (unpaired) electrons. The number of amides is 1. The molecule has 0 bridgehead atoms. The van der Waals surface area contributed by atoms with Crippen LogP contribution < -0.4 is 4.74 Å². The molecule has 1 amide bonds. The van der Waals surface area contributed by atoms with Gasteiger partial charge in [-0.1, -0.05) is 26.2 Å². The molecule has 0 unspecified atom stereocenters. The zero-order valence-corrected chi connectivity index (χ0v) is 16.8. The molecule has 28 heavy (non-hydrogen) atoms. The van der Waals surface area contributed by atoms with Crippen LogP contribution in [-0.4, -0.2) is 41.2 Å². The summed E-state index contributed by atoms with van der Waals surface area (Å²) in [6.07, 6.45) is 7.16. The van der Waals surface area contributed by atoms with Crippen LogP contribution >= 0.6 is 0 Å². The van der Waals surface area contributed by atoms with Crippen LogP contribution in [0.15, 0.2) is 18.2 Å². The molecular formula is C21H30N2O5. The Morgan fingerprint density at radius 2 is 1.96 bits per heavy atom. The average Bonchev–Trinajstić information content (AvgIpc) is 2.70. The first-order valence-corrected chi connectivity index (χ1v) is 10.1. The number of carbonyl (C=O) groups excluding carboxylic acids is 2. The highest BCUT2D eigenvalue weighted by atomic mass is 16.6. The van der Waals surface area contributed by atoms with Crippen LogP contribution in [0.25, 0.3) is 0 Å². The van der Waals surface area contributed by atoms with Gasteiger partial charge in [0.1, 0.15) is 11.5 Å². The first kappa shape index (κ1) is 21.9. The third-order valence-corrected chi connectivity index (χ3v) is 5.35. The molecule has 1 aromatic carbocycles. The summed E-state index contributed by atoms with van der Waals surface area (Å²) in [5.41, 5.74) is 0.292. The summed E-state index contributed by atoms with van der Waals surface area (Å²) < 4.78 is 5.67. The van der Waals surface area contributed by atoms with Gasteiger partial charge < -0.3 is 9.64 Å². The van der Waals surface area contributed by atoms with Crippen molar-refractivity contribution in [1.82, 2.24) is 4.90 Å². The van der Waals surface area contributed by atoms with E-state index < -0.39 is 4.92 Å². The molecule has 1 aliphatic rings. The zero-order chi connectivity index (χ0) is 20.5. The summed E-state index contributed by atoms with van der Waals surface area (Å²) in [6.45, 7) is 2.08. The van der Waals surface area contributed by atoms with Gasteiger partial charge in [0.15, 0.2) is 0 Å². The summed E-state index contributed by atoms with van der Waals surface area (Å²) >= 11 is 0. The summed E-state index contributed by atoms with van der Waals surface area (Å²) in [6, 6.07) is 4.82. The Labute approximate surface area is 166 Å². The van der Waals surface area contributed by atoms with Gasteiger partial charge in [0, 0.05) is 44.0 Å². The zero-order valence-electron chi connectivity index (χ0n) is 16.8. The second kappa shape index (κ2) is 10.8. The number of benzene rings is 1. The van der Waals surface area contributed by atoms with Gasteiger partial charge in [0.25, 0.3) is 5.69 Å². The number of Topliss-reactive ketones (excluding diaryl/α,β-unsaturated/α-hetero) is 1. The highest BCUT2D eigenvalue weighted by Crippen LogP contribution is 2.26. The Balaban J connectivity index is 1.84. The molecule has 154 valence electrons. The van der Waals surface area contributed by atoms with Gasteiger partial charge in [0.05, 0.1) is 11.5 Å². The number of carbonyl (C=O) groups is 2. The normalized spacial score (nSPS) is 14.5. The minimum atomic E-state index is -0.484. The van der Waals surface area contributed by atoms with Crippen LogP contribution in [0.4, 0.5) is 5.69 Å². The first-order chi connectivity index (χ1) is 13.4. The van der Waals surface area contributed by atoms with E-state index in [0.717, 1.165) is 12.8 Å². The van der Waals surface area contributed by atoms with E-state index in [1.807, 2.05) is 11.9 Å². The van der Waals surface area contributed by atoms with E-state index in [2.05, 4.69) is 0 Å². The van der Waals surface area contributed by atoms with Crippen molar-refractivity contribution in [3.63, 3.8) is 0 Å². The summed E-state index contributed by atoms with van der Waals surface area (Å²) in [5.74, 6) is 0.558. The number of hydrogen-bond donors (Lipinski definition) is 0. The van der Waals surface area contributed by atoms with Crippen molar-refractivity contribution in [2.24, 2.45) is 0 Å². The highest BCUT2D eigenvalue weighted by molar-refractivity contribution is 5.81. The molecule has 0 aliphatic heterocycles. The van der Waals surface area contributed by atoms with Gasteiger partial charge in [-0.25, -0.2) is 0 Å². The number of nitro groups is 1. The van der Waals surface area contributed by atoms with E-state index in [1.54, 1.807) is 13.0 Å². The molecule has 0 atom stereocenters. The maximum atomic E-state index is 12.3. The van der Waals surface area contributed by atoms with Crippen molar-refractivity contribution in [1.29, 1.82) is 0 Å². The fourth-order valence-electron chi connectivity index (χ4n) is 3.57. The van der Waals surface area contributed by atoms with E-state index in [9.17, 15) is 19.7 Å². The van der Waals surface area contributed by atoms with E-state index in [1.165, 1.54) is 31.4 Å². The lowest BCUT2D eigenvalue weighted by molar-refractivity contribution is -0.385. The van der Waals surface area contributed by atoms with Gasteiger partial charge in [-0.3, -0.25) is 19.7 Å². The number of rotatable bonds is 10. The maximum absolute atomic E-state index is 12.3. The number of hydrogen-bond acceptors (Lipinski definition) is 5. The van der Waals surface area contributed by atoms with Crippen LogP contribution in [0.5, 0.6) is 5.75 Å². The number of nitrogens with zero attached hydrogens (tertiary/aromatic N) is 2. The van der Waals surface area contributed by atoms with Crippen LogP contribution in [0, 0.1) is 10.1 Å². The monoisotopic (exact) mass is 390 g/mol. The molecule has 0 saturated heterocycles. The van der Waals surface area contributed by atoms with E-state index >= 15 is 0 Å². The Morgan fingerprint density at radius 3 is 2.61 bits per heavy atom. The third-order valence-electron chi connectivity index (χ3n) is 5.35. The quantitative estimate of drug-likeness (QED) is 0.341. The molecule has 0 heterocycles. The van der Waals surface area contributed by atoms with Crippen LogP contribution in [0.3, 0.4) is 0 Å². The van der Waals surface area contributed by atoms with Gasteiger partial charge in [-0.2, -0.15) is 0 Å². The molecule has 1 saturated carbocycles. The van der Waals surface area contributed by atoms with Gasteiger partial charge in [-0.05, 0) is 31.4 Å². The molecule has 1 aliphatic carbocycles. The molecule has 2 rings (SSSR count). The minimum Gasteiger partial charge on any atom is -0.494 e. The third kappa shape index (κ3) is 6.32. The number of ether oxygens (including phenoxy) is 1. The molecule has 0 spiro atoms. The molecule has 1 fully saturated rings. The van der Waals surface area contributed by atoms with Crippen LogP contribution in [-0.2, 0) is 16.0 Å². The van der Waals surface area contributed by atoms with Gasteiger partial charge >= 0.3 is 0 Å². The lowest BCUT2D eigenvalue weighted by Crippen LogP contribution is -2.38. The van der Waals surface area contributed by atoms with Crippen molar-refractivity contribution >= 4 is 17.4 Å². The summed E-state index contributed by atoms with van der Waals surface area (Å²) in [4.78, 5) is 36.6. The van der Waals surface area contributed by atoms with E-state index in [-0.39, 0.29) is 23.8 Å². The minimum absolute atomic E-state index is 0.0225. The van der Waals surface area contributed by atoms with Gasteiger partial charge in [0.2, 0.25) is 5.91 Å². The predicted octanol–water partition coefficient (Wildman–Crippen LogP) is 4.07. The molecule has 7 heteroatoms. The maximum Gasteiger partial charge on any atom is 0.273 e. The van der Waals surface area contributed by atoms with E-state index in [0.29, 0.717) is 43.2 Å². The molecule has 1 aromatic rings. The molecule has 7 nitrogen and oxygen atoms in total. The standard InChI is InChI=1S/C21H30N2O5/c1-3-18(24)14-16-15-19(11-12-20(16)23(26)27)28-13-7-10-21(25)22(2)17-8-5-4-6-9-17/h11-12,15,17H,3-10,13-14H2,1-2H3. The largest absolute Gasteiger partial charge is 0.494 e. The SMILES string of the molecule is CCC(=O)Cc1cc(OCCCC(=O)N(C)C2CCCCC2)ccc1[N+](=O)[O-]. The summed E-state index contributed by atoms with van der Waals surface area (Å²) in [5, 5.41) is 11.1. The smallest absolute Gasteiger partial charge is 0.273 e. The Morgan fingerprint density at radius 1 is 1.25 bits per heavy atom. The predicted molar refractivity (Wildman–Crippen MR) is 106 cm³/mol. The second-order valence-corrected chi connectivity index (χ2v) is 7.37. The Hall–Kier alpha value is -2.44. The van der Waals surface area contributed by atoms with Crippen LogP contribution in [0.1, 0.15) is 63.9 Å². The number of ketones is 1. The average molecular weight is 390 g/mol. The van der Waals surface area contributed by atoms with E-state index in [4.69, 9.17) is 4.74 Å². The summed E-state index contributed by atoms with van der Waals surface area (Å²) in [7, 11) is 1.88. The van der Waals surface area contributed by atoms with Crippen molar-refractivity contribution in [3.05, 3.63) is 33.9 Å². The lowest BCUT2D eigenvalue weighted by atomic mass is 9.94. The molecule has 0 aromatic heterocycles. The van der Waals surface area contributed by atoms with Crippen molar-refractivity contribution in [2.45, 2.75) is 70.8 Å². The first-order valence-electron chi connectivity index (χ1n) is 10.1. The highest BCUT2D eigenvalue weighted by Gasteiger charge is 2.21. The molecule has 0 N–H and O–H groups in total. The van der Waals surface area contributed by atoms with Crippen molar-refractivity contribution < 1.29 is 19.2 Å². The van der Waals surface area contributed by atoms with Crippen LogP contribution in [0.2, 0.25) is 0 Å². The van der Waals surface area contributed by atoms with Crippen molar-refractivity contribution in [3.8, 4) is 5.75 Å². The van der Waals surface area contributed by atoms with Gasteiger partial charge in [-0.15, -0.1) is 0 Å². The Bertz CT molecular complexity index is 698. The molecular weight excluding hydrogens is 360 g/mol. The fraction of sp³-hybridized carbons (Fsp3) is 0.619. The number of nitro benzene ring substituents is 1. The lowest BCUT2D eigenvalue weighted by Gasteiger charge is -2.31. The fourth-order valence-corrected chi connectivity index (χ4v) is 3.57.